The number of para-hydroxylation sites is 2. The number of carboxylic acid groups (broad SMARTS) is 2. The van der Waals surface area contributed by atoms with Crippen molar-refractivity contribution in [1.82, 2.24) is 9.80 Å². The number of likely N-dealkylation sites (N-methyl/N-ethyl adjacent to an activating group) is 1. The zero-order valence-electron chi connectivity index (χ0n) is 17.5. The molecule has 2 aliphatic heterocycles. The van der Waals surface area contributed by atoms with Crippen LogP contribution in [-0.4, -0.2) is 90.7 Å². The first-order valence-corrected chi connectivity index (χ1v) is 10.4. The van der Waals surface area contributed by atoms with Crippen LogP contribution in [0.25, 0.3) is 0 Å². The minimum absolute atomic E-state index is 0.0989. The van der Waals surface area contributed by atoms with Crippen molar-refractivity contribution in [2.24, 2.45) is 0 Å². The molecule has 2 heterocycles. The number of rotatable bonds is 4. The number of carboxylic acids is 2. The summed E-state index contributed by atoms with van der Waals surface area (Å²) in [6.07, 6.45) is 5.11. The Morgan fingerprint density at radius 3 is 2.00 bits per heavy atom. The minimum atomic E-state index is -1.82. The topological polar surface area (TPSA) is 113 Å². The minimum Gasteiger partial charge on any atom is -0.473 e. The highest BCUT2D eigenvalue weighted by molar-refractivity contribution is 6.27. The van der Waals surface area contributed by atoms with Crippen LogP contribution < -0.4 is 10.2 Å². The SMILES string of the molecule is CN1CCN(CC(=O)Nc2ccccc2N2CCCCCC2)CC1.O=C(O)C(=O)O. The number of nitrogens with zero attached hydrogens (tertiary/aromatic N) is 3. The van der Waals surface area contributed by atoms with E-state index in [1.807, 2.05) is 12.1 Å². The van der Waals surface area contributed by atoms with Gasteiger partial charge in [-0.2, -0.15) is 0 Å². The molecule has 0 atom stereocenters. The number of aliphatic carboxylic acids is 2. The van der Waals surface area contributed by atoms with Gasteiger partial charge in [0.2, 0.25) is 5.91 Å². The standard InChI is InChI=1S/C19H30N4O.C2H2O4/c1-21-12-14-22(15-13-21)16-19(24)20-17-8-4-5-9-18(17)23-10-6-2-3-7-11-23;3-1(4)2(5)6/h4-5,8-9H,2-3,6-7,10-16H2,1H3,(H,20,24);(H,3,4)(H,5,6). The molecule has 0 bridgehead atoms. The fourth-order valence-corrected chi connectivity index (χ4v) is 3.57. The molecule has 166 valence electrons. The highest BCUT2D eigenvalue weighted by Crippen LogP contribution is 2.27. The Hall–Kier alpha value is -2.65. The average Bonchev–Trinajstić information content (AvgIpc) is 3.00. The summed E-state index contributed by atoms with van der Waals surface area (Å²) in [6.45, 7) is 6.68. The van der Waals surface area contributed by atoms with Crippen molar-refractivity contribution in [1.29, 1.82) is 0 Å². The van der Waals surface area contributed by atoms with E-state index in [2.05, 4.69) is 39.2 Å². The second-order valence-corrected chi connectivity index (χ2v) is 7.66. The lowest BCUT2D eigenvalue weighted by Crippen LogP contribution is -2.47. The molecule has 2 fully saturated rings. The van der Waals surface area contributed by atoms with Crippen LogP contribution in [0.3, 0.4) is 0 Å². The summed E-state index contributed by atoms with van der Waals surface area (Å²) in [7, 11) is 2.13. The van der Waals surface area contributed by atoms with Crippen LogP contribution >= 0.6 is 0 Å². The van der Waals surface area contributed by atoms with E-state index in [-0.39, 0.29) is 5.91 Å². The second-order valence-electron chi connectivity index (χ2n) is 7.66. The van der Waals surface area contributed by atoms with Gasteiger partial charge in [0.05, 0.1) is 17.9 Å². The molecule has 1 amide bonds. The maximum atomic E-state index is 12.5. The Morgan fingerprint density at radius 2 is 1.43 bits per heavy atom. The van der Waals surface area contributed by atoms with Gasteiger partial charge in [-0.15, -0.1) is 0 Å². The number of hydrogen-bond donors (Lipinski definition) is 3. The van der Waals surface area contributed by atoms with Gasteiger partial charge >= 0.3 is 11.9 Å². The van der Waals surface area contributed by atoms with Gasteiger partial charge in [-0.3, -0.25) is 9.69 Å². The van der Waals surface area contributed by atoms with Gasteiger partial charge in [-0.25, -0.2) is 9.59 Å². The Balaban J connectivity index is 0.000000469. The molecule has 1 aromatic rings. The van der Waals surface area contributed by atoms with Crippen LogP contribution in [0.2, 0.25) is 0 Å². The van der Waals surface area contributed by atoms with Crippen LogP contribution in [0.1, 0.15) is 25.7 Å². The predicted octanol–water partition coefficient (Wildman–Crippen LogP) is 1.41. The summed E-state index contributed by atoms with van der Waals surface area (Å²) in [6, 6.07) is 8.24. The summed E-state index contributed by atoms with van der Waals surface area (Å²) in [5.74, 6) is -3.55. The molecular formula is C21H32N4O5. The molecule has 9 heteroatoms. The molecule has 0 aromatic heterocycles. The van der Waals surface area contributed by atoms with Crippen LogP contribution in [-0.2, 0) is 14.4 Å². The largest absolute Gasteiger partial charge is 0.473 e. The lowest BCUT2D eigenvalue weighted by Gasteiger charge is -2.32. The Labute approximate surface area is 177 Å². The molecule has 30 heavy (non-hydrogen) atoms. The third-order valence-electron chi connectivity index (χ3n) is 5.27. The monoisotopic (exact) mass is 420 g/mol. The molecule has 3 N–H and O–H groups in total. The van der Waals surface area contributed by atoms with E-state index in [0.29, 0.717) is 6.54 Å². The van der Waals surface area contributed by atoms with E-state index in [1.54, 1.807) is 0 Å². The molecule has 2 aliphatic rings. The molecule has 0 radical (unpaired) electrons. The summed E-state index contributed by atoms with van der Waals surface area (Å²) < 4.78 is 0. The van der Waals surface area contributed by atoms with Gasteiger partial charge in [0, 0.05) is 39.3 Å². The molecule has 0 unspecified atom stereocenters. The fraction of sp³-hybridized carbons (Fsp3) is 0.571. The zero-order valence-corrected chi connectivity index (χ0v) is 17.5. The quantitative estimate of drug-likeness (QED) is 0.627. The molecule has 9 nitrogen and oxygen atoms in total. The maximum absolute atomic E-state index is 12.5. The zero-order chi connectivity index (χ0) is 21.9. The third kappa shape index (κ3) is 8.00. The van der Waals surface area contributed by atoms with Gasteiger partial charge in [-0.1, -0.05) is 25.0 Å². The fourth-order valence-electron chi connectivity index (χ4n) is 3.57. The normalized spacial score (nSPS) is 18.0. The lowest BCUT2D eigenvalue weighted by atomic mass is 10.2. The van der Waals surface area contributed by atoms with Gasteiger partial charge < -0.3 is 25.3 Å². The Bertz CT molecular complexity index is 699. The lowest BCUT2D eigenvalue weighted by molar-refractivity contribution is -0.159. The van der Waals surface area contributed by atoms with Crippen molar-refractivity contribution in [3.63, 3.8) is 0 Å². The smallest absolute Gasteiger partial charge is 0.414 e. The molecule has 2 saturated heterocycles. The number of piperazine rings is 1. The van der Waals surface area contributed by atoms with Crippen molar-refractivity contribution >= 4 is 29.2 Å². The van der Waals surface area contributed by atoms with E-state index in [1.165, 1.54) is 31.4 Å². The van der Waals surface area contributed by atoms with E-state index in [9.17, 15) is 4.79 Å². The van der Waals surface area contributed by atoms with Crippen molar-refractivity contribution in [2.45, 2.75) is 25.7 Å². The molecule has 0 saturated carbocycles. The average molecular weight is 421 g/mol. The van der Waals surface area contributed by atoms with Crippen molar-refractivity contribution < 1.29 is 24.6 Å². The van der Waals surface area contributed by atoms with E-state index >= 15 is 0 Å². The molecule has 0 aliphatic carbocycles. The first-order valence-electron chi connectivity index (χ1n) is 10.4. The third-order valence-corrected chi connectivity index (χ3v) is 5.27. The molecule has 0 spiro atoms. The number of amides is 1. The first-order chi connectivity index (χ1) is 14.4. The van der Waals surface area contributed by atoms with Crippen molar-refractivity contribution in [3.8, 4) is 0 Å². The Kier molecular flexibility index (Phi) is 9.56. The number of anilines is 2. The van der Waals surface area contributed by atoms with Crippen LogP contribution in [0.5, 0.6) is 0 Å². The molecule has 1 aromatic carbocycles. The van der Waals surface area contributed by atoms with Crippen LogP contribution in [0.4, 0.5) is 11.4 Å². The van der Waals surface area contributed by atoms with Gasteiger partial charge in [-0.05, 0) is 32.0 Å². The van der Waals surface area contributed by atoms with E-state index in [0.717, 1.165) is 45.0 Å². The van der Waals surface area contributed by atoms with Gasteiger partial charge in [0.25, 0.3) is 0 Å². The number of carbonyl (C=O) groups is 3. The summed E-state index contributed by atoms with van der Waals surface area (Å²) >= 11 is 0. The highest BCUT2D eigenvalue weighted by Gasteiger charge is 2.18. The van der Waals surface area contributed by atoms with Crippen molar-refractivity contribution in [2.75, 3.05) is 63.1 Å². The van der Waals surface area contributed by atoms with Crippen LogP contribution in [0.15, 0.2) is 24.3 Å². The highest BCUT2D eigenvalue weighted by atomic mass is 16.4. The predicted molar refractivity (Wildman–Crippen MR) is 115 cm³/mol. The second kappa shape index (κ2) is 12.1. The summed E-state index contributed by atoms with van der Waals surface area (Å²) in [5.41, 5.74) is 2.13. The van der Waals surface area contributed by atoms with Gasteiger partial charge in [0.15, 0.2) is 0 Å². The summed E-state index contributed by atoms with van der Waals surface area (Å²) in [4.78, 5) is 37.7. The van der Waals surface area contributed by atoms with Gasteiger partial charge in [0.1, 0.15) is 0 Å². The van der Waals surface area contributed by atoms with E-state index < -0.39 is 11.9 Å². The maximum Gasteiger partial charge on any atom is 0.414 e. The first kappa shape index (κ1) is 23.6. The van der Waals surface area contributed by atoms with E-state index in [4.69, 9.17) is 19.8 Å². The number of nitrogens with one attached hydrogen (secondary N) is 1. The van der Waals surface area contributed by atoms with Crippen LogP contribution in [0, 0.1) is 0 Å². The number of carbonyl (C=O) groups excluding carboxylic acids is 1. The molecular weight excluding hydrogens is 388 g/mol. The molecule has 3 rings (SSSR count). The Morgan fingerprint density at radius 1 is 0.867 bits per heavy atom. The summed E-state index contributed by atoms with van der Waals surface area (Å²) in [5, 5.41) is 17.9. The van der Waals surface area contributed by atoms with Crippen molar-refractivity contribution in [3.05, 3.63) is 24.3 Å². The number of hydrogen-bond acceptors (Lipinski definition) is 6. The number of benzene rings is 1.